The van der Waals surface area contributed by atoms with Crippen molar-refractivity contribution in [1.82, 2.24) is 0 Å². The van der Waals surface area contributed by atoms with E-state index in [0.29, 0.717) is 0 Å². The van der Waals surface area contributed by atoms with Gasteiger partial charge in [-0.05, 0) is 32.4 Å². The molecule has 1 fully saturated rings. The average molecular weight is 194 g/mol. The van der Waals surface area contributed by atoms with E-state index >= 15 is 0 Å². The first-order valence-electron chi connectivity index (χ1n) is 4.79. The predicted octanol–water partition coefficient (Wildman–Crippen LogP) is 1.27. The molecule has 0 spiro atoms. The summed E-state index contributed by atoms with van der Waals surface area (Å²) in [4.78, 5) is 23.1. The molecule has 14 heavy (non-hydrogen) atoms. The predicted molar refractivity (Wildman–Crippen MR) is 50.9 cm³/mol. The molecule has 0 aromatic carbocycles. The molecule has 1 aliphatic heterocycles. The molecule has 1 heterocycles. The Morgan fingerprint density at radius 1 is 1.36 bits per heavy atom. The number of fused-ring (bicyclic) bond motifs is 1. The van der Waals surface area contributed by atoms with Crippen LogP contribution in [0.4, 0.5) is 0 Å². The fraction of sp³-hybridized carbons (Fsp3) is 0.636. The smallest absolute Gasteiger partial charge is 0.168 e. The van der Waals surface area contributed by atoms with E-state index in [2.05, 4.69) is 0 Å². The van der Waals surface area contributed by atoms with Crippen LogP contribution >= 0.6 is 0 Å². The van der Waals surface area contributed by atoms with E-state index < -0.39 is 11.0 Å². The molecule has 2 aliphatic rings. The molecule has 0 saturated carbocycles. The summed E-state index contributed by atoms with van der Waals surface area (Å²) in [6.45, 7) is 5.71. The summed E-state index contributed by atoms with van der Waals surface area (Å²) < 4.78 is 5.55. The van der Waals surface area contributed by atoms with E-state index in [0.717, 1.165) is 5.57 Å². The molecule has 2 atom stereocenters. The van der Waals surface area contributed by atoms with Crippen molar-refractivity contribution in [3.63, 3.8) is 0 Å². The van der Waals surface area contributed by atoms with Crippen molar-refractivity contribution in [2.45, 2.75) is 32.8 Å². The molecule has 76 valence electrons. The lowest BCUT2D eigenvalue weighted by molar-refractivity contribution is -0.131. The van der Waals surface area contributed by atoms with Gasteiger partial charge in [0.05, 0.1) is 11.0 Å². The van der Waals surface area contributed by atoms with E-state index in [4.69, 9.17) is 4.74 Å². The van der Waals surface area contributed by atoms with Crippen molar-refractivity contribution in [3.05, 3.63) is 11.6 Å². The quantitative estimate of drug-likeness (QED) is 0.583. The van der Waals surface area contributed by atoms with E-state index in [1.807, 2.05) is 20.8 Å². The number of hydrogen-bond donors (Lipinski definition) is 0. The van der Waals surface area contributed by atoms with Crippen LogP contribution in [0.1, 0.15) is 27.2 Å². The Morgan fingerprint density at radius 2 is 2.00 bits per heavy atom. The summed E-state index contributed by atoms with van der Waals surface area (Å²) in [5, 5.41) is 0. The molecule has 0 bridgehead atoms. The molecular formula is C11H14O3. The van der Waals surface area contributed by atoms with Gasteiger partial charge in [-0.15, -0.1) is 0 Å². The minimum Gasteiger partial charge on any atom is -0.362 e. The molecule has 0 aromatic rings. The zero-order valence-electron chi connectivity index (χ0n) is 8.72. The molecule has 1 saturated heterocycles. The van der Waals surface area contributed by atoms with E-state index in [9.17, 15) is 9.59 Å². The maximum absolute atomic E-state index is 11.7. The van der Waals surface area contributed by atoms with Crippen LogP contribution in [0, 0.1) is 5.41 Å². The fourth-order valence-corrected chi connectivity index (χ4v) is 2.39. The van der Waals surface area contributed by atoms with E-state index in [1.165, 1.54) is 0 Å². The Kier molecular flexibility index (Phi) is 1.74. The molecule has 0 aromatic heterocycles. The summed E-state index contributed by atoms with van der Waals surface area (Å²) in [6.07, 6.45) is 1.88. The molecule has 2 rings (SSSR count). The third kappa shape index (κ3) is 0.906. The molecule has 0 unspecified atom stereocenters. The Balaban J connectivity index is 2.57. The third-order valence-electron chi connectivity index (χ3n) is 3.82. The SMILES string of the molecule is CC1=CC(=O)C[C@]2(C)C(=O)CO[C@]12C. The minimum absolute atomic E-state index is 0.0290. The summed E-state index contributed by atoms with van der Waals surface area (Å²) in [5.41, 5.74) is -0.358. The third-order valence-corrected chi connectivity index (χ3v) is 3.82. The van der Waals surface area contributed by atoms with Gasteiger partial charge in [-0.3, -0.25) is 9.59 Å². The highest BCUT2D eigenvalue weighted by Gasteiger charge is 2.59. The van der Waals surface area contributed by atoms with Crippen molar-refractivity contribution in [2.75, 3.05) is 6.61 Å². The molecule has 0 radical (unpaired) electrons. The second-order valence-corrected chi connectivity index (χ2v) is 4.55. The highest BCUT2D eigenvalue weighted by atomic mass is 16.5. The number of carbonyl (C=O) groups is 2. The number of ketones is 2. The van der Waals surface area contributed by atoms with Crippen LogP contribution in [0.3, 0.4) is 0 Å². The molecule has 3 nitrogen and oxygen atoms in total. The van der Waals surface area contributed by atoms with Crippen LogP contribution in [-0.2, 0) is 14.3 Å². The number of hydrogen-bond acceptors (Lipinski definition) is 3. The lowest BCUT2D eigenvalue weighted by Gasteiger charge is -2.41. The van der Waals surface area contributed by atoms with Gasteiger partial charge in [0.2, 0.25) is 0 Å². The molecule has 0 amide bonds. The largest absolute Gasteiger partial charge is 0.362 e. The lowest BCUT2D eigenvalue weighted by Crippen LogP contribution is -2.48. The number of Topliss-reactive ketones (excluding diaryl/α,β-unsaturated/α-hetero) is 1. The van der Waals surface area contributed by atoms with Crippen molar-refractivity contribution >= 4 is 11.6 Å². The van der Waals surface area contributed by atoms with Crippen molar-refractivity contribution in [2.24, 2.45) is 5.41 Å². The Bertz CT molecular complexity index is 354. The topological polar surface area (TPSA) is 43.4 Å². The van der Waals surface area contributed by atoms with Gasteiger partial charge in [-0.1, -0.05) is 0 Å². The monoisotopic (exact) mass is 194 g/mol. The van der Waals surface area contributed by atoms with Gasteiger partial charge in [-0.2, -0.15) is 0 Å². The van der Waals surface area contributed by atoms with Gasteiger partial charge in [-0.25, -0.2) is 0 Å². The highest BCUT2D eigenvalue weighted by molar-refractivity contribution is 6.01. The normalized spacial score (nSPS) is 42.4. The van der Waals surface area contributed by atoms with Gasteiger partial charge in [0.25, 0.3) is 0 Å². The molecule has 0 N–H and O–H groups in total. The van der Waals surface area contributed by atoms with Crippen LogP contribution in [-0.4, -0.2) is 23.8 Å². The first-order valence-corrected chi connectivity index (χ1v) is 4.79. The van der Waals surface area contributed by atoms with Crippen LogP contribution in [0.25, 0.3) is 0 Å². The average Bonchev–Trinajstić information content (AvgIpc) is 2.30. The number of rotatable bonds is 0. The van der Waals surface area contributed by atoms with Gasteiger partial charge >= 0.3 is 0 Å². The summed E-state index contributed by atoms with van der Waals surface area (Å²) >= 11 is 0. The van der Waals surface area contributed by atoms with Gasteiger partial charge in [0.15, 0.2) is 11.6 Å². The first-order chi connectivity index (χ1) is 6.40. The van der Waals surface area contributed by atoms with Crippen molar-refractivity contribution in [1.29, 1.82) is 0 Å². The van der Waals surface area contributed by atoms with Crippen molar-refractivity contribution < 1.29 is 14.3 Å². The Labute approximate surface area is 83.1 Å². The second kappa shape index (κ2) is 2.54. The van der Waals surface area contributed by atoms with Crippen LogP contribution < -0.4 is 0 Å². The first kappa shape index (κ1) is 9.59. The summed E-state index contributed by atoms with van der Waals surface area (Å²) in [5.74, 6) is 0.0714. The maximum Gasteiger partial charge on any atom is 0.168 e. The standard InChI is InChI=1S/C11H14O3/c1-7-4-8(12)5-10(2)9(13)6-14-11(7,10)3/h4H,5-6H2,1-3H3/t10-,11-/m1/s1. The Morgan fingerprint density at radius 3 is 2.64 bits per heavy atom. The fourth-order valence-electron chi connectivity index (χ4n) is 2.39. The molecule has 3 heteroatoms. The second-order valence-electron chi connectivity index (χ2n) is 4.55. The minimum atomic E-state index is -0.650. The van der Waals surface area contributed by atoms with Gasteiger partial charge < -0.3 is 4.74 Å². The Hall–Kier alpha value is -0.960. The summed E-state index contributed by atoms with van der Waals surface area (Å²) in [6, 6.07) is 0. The zero-order valence-corrected chi connectivity index (χ0v) is 8.72. The highest BCUT2D eigenvalue weighted by Crippen LogP contribution is 2.50. The van der Waals surface area contributed by atoms with Crippen molar-refractivity contribution in [3.8, 4) is 0 Å². The number of ether oxygens (including phenoxy) is 1. The lowest BCUT2D eigenvalue weighted by atomic mass is 9.64. The molecule has 1 aliphatic carbocycles. The maximum atomic E-state index is 11.7. The number of carbonyl (C=O) groups excluding carboxylic acids is 2. The zero-order chi connectivity index (χ0) is 10.6. The van der Waals surface area contributed by atoms with Gasteiger partial charge in [0, 0.05) is 6.42 Å². The summed E-state index contributed by atoms with van der Waals surface area (Å²) in [7, 11) is 0. The number of allylic oxidation sites excluding steroid dienone is 1. The van der Waals surface area contributed by atoms with Crippen LogP contribution in [0.5, 0.6) is 0 Å². The van der Waals surface area contributed by atoms with E-state index in [-0.39, 0.29) is 24.6 Å². The van der Waals surface area contributed by atoms with Crippen LogP contribution in [0.2, 0.25) is 0 Å². The van der Waals surface area contributed by atoms with Gasteiger partial charge in [0.1, 0.15) is 6.61 Å². The molecular weight excluding hydrogens is 180 g/mol. The van der Waals surface area contributed by atoms with E-state index in [1.54, 1.807) is 6.08 Å². The van der Waals surface area contributed by atoms with Crippen LogP contribution in [0.15, 0.2) is 11.6 Å².